The number of nitrogens with zero attached hydrogens (tertiary/aromatic N) is 1. The summed E-state index contributed by atoms with van der Waals surface area (Å²) in [5, 5.41) is 1.18. The molecule has 0 aliphatic heterocycles. The first-order chi connectivity index (χ1) is 13.3. The van der Waals surface area contributed by atoms with Gasteiger partial charge in [0.25, 0.3) is 5.91 Å². The van der Waals surface area contributed by atoms with Crippen LogP contribution in [0.4, 0.5) is 5.69 Å². The minimum absolute atomic E-state index is 0.0529. The normalized spacial score (nSPS) is 11.5. The minimum Gasteiger partial charge on any atom is -0.404 e. The lowest BCUT2D eigenvalue weighted by Crippen LogP contribution is -2.35. The van der Waals surface area contributed by atoms with Crippen molar-refractivity contribution in [3.8, 4) is 5.75 Å². The molecule has 28 heavy (non-hydrogen) atoms. The summed E-state index contributed by atoms with van der Waals surface area (Å²) in [7, 11) is -4.71. The maximum Gasteiger partial charge on any atom is 0.524 e. The zero-order valence-electron chi connectivity index (χ0n) is 16.0. The highest BCUT2D eigenvalue weighted by atomic mass is 31.2. The number of phosphoric acid groups is 1. The molecule has 0 aromatic heterocycles. The van der Waals surface area contributed by atoms with Gasteiger partial charge in [-0.1, -0.05) is 51.0 Å². The first kappa shape index (κ1) is 22.1. The van der Waals surface area contributed by atoms with Crippen LogP contribution >= 0.6 is 7.82 Å². The Hall–Kier alpha value is -2.18. The molecule has 2 aromatic carbocycles. The maximum atomic E-state index is 13.1. The lowest BCUT2D eigenvalue weighted by Gasteiger charge is -2.27. The average Bonchev–Trinajstić information content (AvgIpc) is 2.65. The van der Waals surface area contributed by atoms with E-state index in [0.717, 1.165) is 25.7 Å². The van der Waals surface area contributed by atoms with Crippen molar-refractivity contribution in [1.82, 2.24) is 0 Å². The fourth-order valence-corrected chi connectivity index (χ4v) is 3.16. The maximum absolute atomic E-state index is 13.1. The van der Waals surface area contributed by atoms with E-state index < -0.39 is 7.82 Å². The smallest absolute Gasteiger partial charge is 0.404 e. The van der Waals surface area contributed by atoms with E-state index >= 15 is 0 Å². The molecule has 0 atom stereocenters. The summed E-state index contributed by atoms with van der Waals surface area (Å²) < 4.78 is 15.8. The van der Waals surface area contributed by atoms with Gasteiger partial charge in [0.15, 0.2) is 0 Å². The third-order valence-corrected chi connectivity index (χ3v) is 4.41. The molecule has 1 amide bonds. The molecule has 2 rings (SSSR count). The van der Waals surface area contributed by atoms with Crippen molar-refractivity contribution >= 4 is 19.4 Å². The van der Waals surface area contributed by atoms with Crippen LogP contribution in [0.25, 0.3) is 0 Å². The summed E-state index contributed by atoms with van der Waals surface area (Å²) >= 11 is 0. The number of rotatable bonds is 10. The van der Waals surface area contributed by atoms with Gasteiger partial charge in [0.2, 0.25) is 0 Å². The fourth-order valence-electron chi connectivity index (χ4n) is 2.77. The van der Waals surface area contributed by atoms with Crippen molar-refractivity contribution in [2.24, 2.45) is 0 Å². The Labute approximate surface area is 165 Å². The molecule has 0 aliphatic carbocycles. The second kappa shape index (κ2) is 10.4. The Morgan fingerprint density at radius 2 is 1.68 bits per heavy atom. The molecule has 7 nitrogen and oxygen atoms in total. The van der Waals surface area contributed by atoms with Crippen molar-refractivity contribution < 1.29 is 28.5 Å². The van der Waals surface area contributed by atoms with E-state index in [0.29, 0.717) is 11.3 Å². The Morgan fingerprint density at radius 3 is 2.25 bits per heavy atom. The first-order valence-corrected chi connectivity index (χ1v) is 10.8. The molecule has 0 saturated heterocycles. The third kappa shape index (κ3) is 6.77. The van der Waals surface area contributed by atoms with Crippen molar-refractivity contribution in [2.75, 3.05) is 5.06 Å². The number of hydrogen-bond donors (Lipinski definition) is 2. The summed E-state index contributed by atoms with van der Waals surface area (Å²) in [4.78, 5) is 37.2. The van der Waals surface area contributed by atoms with E-state index in [1.807, 2.05) is 19.9 Å². The van der Waals surface area contributed by atoms with Crippen molar-refractivity contribution in [1.29, 1.82) is 0 Å². The van der Waals surface area contributed by atoms with Crippen LogP contribution in [0.5, 0.6) is 5.75 Å². The van der Waals surface area contributed by atoms with Crippen LogP contribution in [0.1, 0.15) is 49.9 Å². The summed E-state index contributed by atoms with van der Waals surface area (Å²) in [6, 6.07) is 14.6. The summed E-state index contributed by atoms with van der Waals surface area (Å²) in [6.45, 7) is 4.09. The highest BCUT2D eigenvalue weighted by Crippen LogP contribution is 2.38. The minimum atomic E-state index is -4.71. The van der Waals surface area contributed by atoms with Crippen LogP contribution in [0.2, 0.25) is 0 Å². The van der Waals surface area contributed by atoms with Crippen LogP contribution in [-0.2, 0) is 9.40 Å². The Kier molecular flexibility index (Phi) is 8.20. The number of hydrogen-bond acceptors (Lipinski definition) is 4. The van der Waals surface area contributed by atoms with Gasteiger partial charge in [0.05, 0.1) is 11.8 Å². The zero-order chi connectivity index (χ0) is 20.6. The second-order valence-electron chi connectivity index (χ2n) is 6.35. The molecular weight excluding hydrogens is 381 g/mol. The molecule has 0 saturated carbocycles. The van der Waals surface area contributed by atoms with E-state index in [1.165, 1.54) is 17.2 Å². The topological polar surface area (TPSA) is 96.3 Å². The number of benzene rings is 2. The van der Waals surface area contributed by atoms with Gasteiger partial charge < -0.3 is 4.52 Å². The standard InChI is InChI=1S/C20H26NO6P/c1-3-9-18(10-4-2)26-21(20(22)16-11-6-5-7-12-16)17-13-8-14-19(15-17)27-28(23,24)25/h5-8,11-15,18H,3-4,9-10H2,1-2H3,(H2,23,24,25). The van der Waals surface area contributed by atoms with Crippen LogP contribution in [0, 0.1) is 0 Å². The zero-order valence-corrected chi connectivity index (χ0v) is 16.9. The quantitative estimate of drug-likeness (QED) is 0.438. The number of hydroxylamine groups is 1. The van der Waals surface area contributed by atoms with Crippen molar-refractivity contribution in [3.05, 3.63) is 60.2 Å². The predicted molar refractivity (Wildman–Crippen MR) is 107 cm³/mol. The molecule has 0 heterocycles. The Bertz CT molecular complexity index is 801. The summed E-state index contributed by atoms with van der Waals surface area (Å²) in [5.74, 6) is -0.422. The Balaban J connectivity index is 2.38. The molecule has 152 valence electrons. The largest absolute Gasteiger partial charge is 0.524 e. The molecule has 8 heteroatoms. The highest BCUT2D eigenvalue weighted by molar-refractivity contribution is 7.46. The monoisotopic (exact) mass is 407 g/mol. The van der Waals surface area contributed by atoms with Crippen LogP contribution in [0.3, 0.4) is 0 Å². The number of amides is 1. The van der Waals surface area contributed by atoms with Gasteiger partial charge in [0, 0.05) is 11.6 Å². The van der Waals surface area contributed by atoms with E-state index in [9.17, 15) is 9.36 Å². The number of carbonyl (C=O) groups is 1. The van der Waals surface area contributed by atoms with Gasteiger partial charge in [-0.25, -0.2) is 4.57 Å². The average molecular weight is 407 g/mol. The van der Waals surface area contributed by atoms with Crippen LogP contribution in [0.15, 0.2) is 54.6 Å². The molecule has 2 N–H and O–H groups in total. The molecule has 0 unspecified atom stereocenters. The first-order valence-electron chi connectivity index (χ1n) is 9.25. The molecule has 0 spiro atoms. The number of anilines is 1. The Morgan fingerprint density at radius 1 is 1.04 bits per heavy atom. The van der Waals surface area contributed by atoms with Gasteiger partial charge in [-0.15, -0.1) is 0 Å². The second-order valence-corrected chi connectivity index (χ2v) is 7.51. The molecule has 0 aliphatic rings. The SMILES string of the molecule is CCCC(CCC)ON(C(=O)c1ccccc1)c1cccc(OP(=O)(O)O)c1. The summed E-state index contributed by atoms with van der Waals surface area (Å²) in [6.07, 6.45) is 3.21. The molecular formula is C20H26NO6P. The fraction of sp³-hybridized carbons (Fsp3) is 0.350. The molecule has 0 fully saturated rings. The molecule has 0 radical (unpaired) electrons. The lowest BCUT2D eigenvalue weighted by atomic mass is 10.1. The van der Waals surface area contributed by atoms with Gasteiger partial charge in [-0.2, -0.15) is 5.06 Å². The van der Waals surface area contributed by atoms with Gasteiger partial charge in [-0.05, 0) is 37.1 Å². The van der Waals surface area contributed by atoms with E-state index in [-0.39, 0.29) is 17.8 Å². The van der Waals surface area contributed by atoms with Crippen molar-refractivity contribution in [3.63, 3.8) is 0 Å². The predicted octanol–water partition coefficient (Wildman–Crippen LogP) is 4.71. The van der Waals surface area contributed by atoms with Crippen LogP contribution < -0.4 is 9.59 Å². The van der Waals surface area contributed by atoms with Gasteiger partial charge in [-0.3, -0.25) is 19.4 Å². The number of phosphoric ester groups is 1. The van der Waals surface area contributed by atoms with Gasteiger partial charge >= 0.3 is 7.82 Å². The number of carbonyl (C=O) groups excluding carboxylic acids is 1. The molecule has 2 aromatic rings. The van der Waals surface area contributed by atoms with Crippen LogP contribution in [-0.4, -0.2) is 21.8 Å². The van der Waals surface area contributed by atoms with Crippen molar-refractivity contribution in [2.45, 2.75) is 45.6 Å². The van der Waals surface area contributed by atoms with Gasteiger partial charge in [0.1, 0.15) is 5.75 Å². The highest BCUT2D eigenvalue weighted by Gasteiger charge is 2.24. The van der Waals surface area contributed by atoms with E-state index in [1.54, 1.807) is 36.4 Å². The van der Waals surface area contributed by atoms with E-state index in [4.69, 9.17) is 14.6 Å². The van der Waals surface area contributed by atoms with E-state index in [2.05, 4.69) is 4.52 Å². The third-order valence-electron chi connectivity index (χ3n) is 3.96. The molecule has 0 bridgehead atoms. The summed E-state index contributed by atoms with van der Waals surface area (Å²) in [5.41, 5.74) is 0.771. The lowest BCUT2D eigenvalue weighted by molar-refractivity contribution is 0.0190.